The number of nitrogens with one attached hydrogen (secondary N) is 2. The summed E-state index contributed by atoms with van der Waals surface area (Å²) in [6.45, 7) is 6.07. The van der Waals surface area contributed by atoms with Gasteiger partial charge in [0.15, 0.2) is 0 Å². The number of anilines is 3. The van der Waals surface area contributed by atoms with E-state index in [2.05, 4.69) is 61.4 Å². The molecule has 1 aliphatic rings. The fourth-order valence-electron chi connectivity index (χ4n) is 4.93. The van der Waals surface area contributed by atoms with E-state index in [0.29, 0.717) is 47.0 Å². The van der Waals surface area contributed by atoms with Crippen LogP contribution < -0.4 is 10.6 Å². The second-order valence-corrected chi connectivity index (χ2v) is 11.5. The summed E-state index contributed by atoms with van der Waals surface area (Å²) in [5.41, 5.74) is 5.36. The van der Waals surface area contributed by atoms with Crippen molar-refractivity contribution >= 4 is 34.8 Å². The van der Waals surface area contributed by atoms with E-state index in [1.165, 1.54) is 0 Å². The Kier molecular flexibility index (Phi) is 10.2. The van der Waals surface area contributed by atoms with Crippen molar-refractivity contribution in [2.24, 2.45) is 0 Å². The van der Waals surface area contributed by atoms with Crippen molar-refractivity contribution in [2.45, 2.75) is 32.5 Å². The predicted octanol–water partition coefficient (Wildman–Crippen LogP) is 4.81. The number of aromatic nitrogens is 4. The van der Waals surface area contributed by atoms with Crippen molar-refractivity contribution in [1.29, 1.82) is 0 Å². The van der Waals surface area contributed by atoms with Crippen LogP contribution in [0.25, 0.3) is 0 Å². The van der Waals surface area contributed by atoms with Crippen LogP contribution in [-0.2, 0) is 17.8 Å². The van der Waals surface area contributed by atoms with Crippen LogP contribution in [0.15, 0.2) is 61.2 Å². The number of hydrogen-bond donors (Lipinski definition) is 2. The summed E-state index contributed by atoms with van der Waals surface area (Å²) in [5.74, 6) is 6.47. The molecule has 0 unspecified atom stereocenters. The first-order valence-electron chi connectivity index (χ1n) is 14.5. The number of nitrogens with zero attached hydrogens (tertiary/aromatic N) is 6. The topological polar surface area (TPSA) is 100 Å². The number of rotatable bonds is 10. The lowest BCUT2D eigenvalue weighted by Crippen LogP contribution is -2.31. The molecule has 228 valence electrons. The normalized spacial score (nSPS) is 14.8. The van der Waals surface area contributed by atoms with Gasteiger partial charge in [0.05, 0.1) is 30.6 Å². The molecule has 3 heterocycles. The van der Waals surface area contributed by atoms with Gasteiger partial charge in [0.2, 0.25) is 5.95 Å². The van der Waals surface area contributed by atoms with Crippen LogP contribution in [0.1, 0.15) is 39.0 Å². The molecule has 11 heteroatoms. The Hall–Kier alpha value is -4.27. The first-order valence-corrected chi connectivity index (χ1v) is 14.9. The van der Waals surface area contributed by atoms with Crippen LogP contribution in [0.5, 0.6) is 0 Å². The molecule has 2 aromatic heterocycles. The van der Waals surface area contributed by atoms with Gasteiger partial charge in [-0.15, -0.1) is 0 Å². The lowest BCUT2D eigenvalue weighted by atomic mass is 10.0. The molecule has 2 aromatic carbocycles. The molecule has 0 radical (unpaired) electrons. The molecule has 0 saturated carbocycles. The third kappa shape index (κ3) is 8.21. The molecule has 1 amide bonds. The molecule has 5 rings (SSSR count). The largest absolute Gasteiger partial charge is 0.383 e. The van der Waals surface area contributed by atoms with Crippen molar-refractivity contribution in [2.75, 3.05) is 51.5 Å². The number of hydrogen-bond acceptors (Lipinski definition) is 8. The van der Waals surface area contributed by atoms with E-state index in [9.17, 15) is 4.79 Å². The smallest absolute Gasteiger partial charge is 0.255 e. The number of carbonyl (C=O) groups is 1. The minimum atomic E-state index is -0.227. The zero-order valence-electron chi connectivity index (χ0n) is 25.5. The average Bonchev–Trinajstić information content (AvgIpc) is 3.67. The standard InChI is InChI=1S/C33H37ClN8O2/c1-23-5-7-26(32(43)38-28-10-9-27(31(34)16-28)20-41-12-11-30(22-41)40(2)3)15-25(23)8-6-24-17-35-33(36-18-24)39-29-19-37-42(21-29)13-14-44-4/h5,7,9-10,15-19,21,30H,11-14,20,22H2,1-4H3,(H,38,43)(H,35,36,39)/t30-/m1/s1. The van der Waals surface area contributed by atoms with Gasteiger partial charge < -0.3 is 20.3 Å². The average molecular weight is 613 g/mol. The summed E-state index contributed by atoms with van der Waals surface area (Å²) in [4.78, 5) is 26.5. The minimum absolute atomic E-state index is 0.227. The number of likely N-dealkylation sites (tertiary alicyclic amines) is 1. The maximum Gasteiger partial charge on any atom is 0.255 e. The van der Waals surface area contributed by atoms with Crippen LogP contribution in [-0.4, -0.2) is 82.4 Å². The molecule has 10 nitrogen and oxygen atoms in total. The van der Waals surface area contributed by atoms with Crippen LogP contribution >= 0.6 is 11.6 Å². The van der Waals surface area contributed by atoms with E-state index in [1.807, 2.05) is 37.4 Å². The van der Waals surface area contributed by atoms with E-state index in [1.54, 1.807) is 42.5 Å². The number of carbonyl (C=O) groups excluding carboxylic acids is 1. The second-order valence-electron chi connectivity index (χ2n) is 11.1. The van der Waals surface area contributed by atoms with E-state index >= 15 is 0 Å². The summed E-state index contributed by atoms with van der Waals surface area (Å²) in [6, 6.07) is 11.8. The minimum Gasteiger partial charge on any atom is -0.383 e. The molecule has 1 fully saturated rings. The van der Waals surface area contributed by atoms with E-state index < -0.39 is 0 Å². The molecular weight excluding hydrogens is 576 g/mol. The molecule has 0 aliphatic carbocycles. The lowest BCUT2D eigenvalue weighted by Gasteiger charge is -2.21. The van der Waals surface area contributed by atoms with Gasteiger partial charge >= 0.3 is 0 Å². The first kappa shape index (κ1) is 31.2. The Labute approximate surface area is 263 Å². The van der Waals surface area contributed by atoms with Crippen LogP contribution in [0.3, 0.4) is 0 Å². The number of aryl methyl sites for hydroxylation is 1. The molecule has 1 aliphatic heterocycles. The summed E-state index contributed by atoms with van der Waals surface area (Å²) in [6.07, 6.45) is 8.03. The third-order valence-corrected chi connectivity index (χ3v) is 7.94. The summed E-state index contributed by atoms with van der Waals surface area (Å²) < 4.78 is 6.86. The predicted molar refractivity (Wildman–Crippen MR) is 173 cm³/mol. The quantitative estimate of drug-likeness (QED) is 0.246. The number of amides is 1. The Morgan fingerprint density at radius 2 is 1.93 bits per heavy atom. The van der Waals surface area contributed by atoms with Gasteiger partial charge in [0.25, 0.3) is 5.91 Å². The Morgan fingerprint density at radius 3 is 2.66 bits per heavy atom. The summed E-state index contributed by atoms with van der Waals surface area (Å²) in [7, 11) is 5.90. The molecule has 4 aromatic rings. The van der Waals surface area contributed by atoms with Gasteiger partial charge in [0.1, 0.15) is 0 Å². The fraction of sp³-hybridized carbons (Fsp3) is 0.333. The maximum atomic E-state index is 13.1. The molecule has 1 atom stereocenters. The second kappa shape index (κ2) is 14.5. The van der Waals surface area contributed by atoms with Gasteiger partial charge in [-0.1, -0.05) is 35.6 Å². The van der Waals surface area contributed by atoms with Crippen molar-refractivity contribution in [1.82, 2.24) is 29.5 Å². The fourth-order valence-corrected chi connectivity index (χ4v) is 5.17. The third-order valence-electron chi connectivity index (χ3n) is 7.59. The number of ether oxygens (including phenoxy) is 1. The van der Waals surface area contributed by atoms with Crippen LogP contribution in [0.4, 0.5) is 17.3 Å². The van der Waals surface area contributed by atoms with Crippen molar-refractivity contribution in [3.8, 4) is 11.8 Å². The van der Waals surface area contributed by atoms with Crippen molar-refractivity contribution in [3.05, 3.63) is 94.0 Å². The highest BCUT2D eigenvalue weighted by Gasteiger charge is 2.24. The maximum absolute atomic E-state index is 13.1. The van der Waals surface area contributed by atoms with Crippen molar-refractivity contribution < 1.29 is 9.53 Å². The molecule has 1 saturated heterocycles. The SMILES string of the molecule is COCCn1cc(Nc2ncc(C#Cc3cc(C(=O)Nc4ccc(CN5CC[C@@H](N(C)C)C5)c(Cl)c4)ccc3C)cn2)cn1. The van der Waals surface area contributed by atoms with Gasteiger partial charge in [-0.2, -0.15) is 5.10 Å². The Morgan fingerprint density at radius 1 is 1.11 bits per heavy atom. The van der Waals surface area contributed by atoms with E-state index in [4.69, 9.17) is 16.3 Å². The first-order chi connectivity index (χ1) is 21.3. The van der Waals surface area contributed by atoms with Gasteiger partial charge in [-0.3, -0.25) is 14.4 Å². The number of likely N-dealkylation sites (N-methyl/N-ethyl adjacent to an activating group) is 1. The van der Waals surface area contributed by atoms with Gasteiger partial charge in [-0.05, 0) is 62.8 Å². The van der Waals surface area contributed by atoms with Crippen LogP contribution in [0.2, 0.25) is 5.02 Å². The number of halogens is 1. The highest BCUT2D eigenvalue weighted by molar-refractivity contribution is 6.31. The Bertz CT molecular complexity index is 1660. The molecule has 44 heavy (non-hydrogen) atoms. The van der Waals surface area contributed by atoms with Gasteiger partial charge in [-0.25, -0.2) is 9.97 Å². The monoisotopic (exact) mass is 612 g/mol. The number of methoxy groups -OCH3 is 1. The highest BCUT2D eigenvalue weighted by Crippen LogP contribution is 2.25. The number of benzene rings is 2. The Balaban J connectivity index is 1.19. The zero-order chi connectivity index (χ0) is 31.1. The molecule has 0 spiro atoms. The molecular formula is C33H37ClN8O2. The molecule has 2 N–H and O–H groups in total. The summed E-state index contributed by atoms with van der Waals surface area (Å²) in [5, 5.41) is 11.0. The van der Waals surface area contributed by atoms with Crippen molar-refractivity contribution in [3.63, 3.8) is 0 Å². The van der Waals surface area contributed by atoms with E-state index in [-0.39, 0.29) is 5.91 Å². The zero-order valence-corrected chi connectivity index (χ0v) is 26.2. The molecule has 0 bridgehead atoms. The van der Waals surface area contributed by atoms with Gasteiger partial charge in [0, 0.05) is 73.2 Å². The highest BCUT2D eigenvalue weighted by atomic mass is 35.5. The van der Waals surface area contributed by atoms with E-state index in [0.717, 1.165) is 48.4 Å². The van der Waals surface area contributed by atoms with Crippen LogP contribution in [0, 0.1) is 18.8 Å². The lowest BCUT2D eigenvalue weighted by molar-refractivity contribution is 0.102. The summed E-state index contributed by atoms with van der Waals surface area (Å²) >= 11 is 6.62.